The summed E-state index contributed by atoms with van der Waals surface area (Å²) in [7, 11) is 0. The van der Waals surface area contributed by atoms with E-state index in [9.17, 15) is 4.79 Å². The fraction of sp³-hybridized carbons (Fsp3) is 0.929. The Hall–Kier alpha value is -0.810. The summed E-state index contributed by atoms with van der Waals surface area (Å²) in [4.78, 5) is 14.1. The fourth-order valence-electron chi connectivity index (χ4n) is 3.11. The van der Waals surface area contributed by atoms with Crippen LogP contribution in [0.2, 0.25) is 0 Å². The Labute approximate surface area is 115 Å². The Bertz CT molecular complexity index is 303. The number of morpholine rings is 1. The van der Waals surface area contributed by atoms with Gasteiger partial charge in [-0.1, -0.05) is 12.8 Å². The maximum atomic E-state index is 12.2. The smallest absolute Gasteiger partial charge is 0.317 e. The third-order valence-electron chi connectivity index (χ3n) is 4.22. The molecule has 19 heavy (non-hydrogen) atoms. The standard InChI is InChI=1S/C14H26N2O3/c1-12(5-4-9-17)15-13(18)16-8-10-19-14(11-16)6-2-3-7-14/h12,17H,2-11H2,1H3,(H,15,18). The van der Waals surface area contributed by atoms with E-state index in [0.717, 1.165) is 32.2 Å². The molecule has 2 amide bonds. The van der Waals surface area contributed by atoms with Gasteiger partial charge in [0.2, 0.25) is 0 Å². The van der Waals surface area contributed by atoms with Crippen LogP contribution in [0.5, 0.6) is 0 Å². The minimum Gasteiger partial charge on any atom is -0.396 e. The number of ether oxygens (including phenoxy) is 1. The van der Waals surface area contributed by atoms with Crippen molar-refractivity contribution in [2.24, 2.45) is 0 Å². The van der Waals surface area contributed by atoms with Gasteiger partial charge < -0.3 is 20.1 Å². The molecule has 1 aliphatic heterocycles. The van der Waals surface area contributed by atoms with Gasteiger partial charge in [-0.3, -0.25) is 0 Å². The number of nitrogens with one attached hydrogen (secondary N) is 1. The maximum Gasteiger partial charge on any atom is 0.317 e. The Morgan fingerprint density at radius 3 is 2.89 bits per heavy atom. The van der Waals surface area contributed by atoms with Gasteiger partial charge in [-0.2, -0.15) is 0 Å². The number of amides is 2. The summed E-state index contributed by atoms with van der Waals surface area (Å²) in [6.45, 7) is 4.23. The van der Waals surface area contributed by atoms with Gasteiger partial charge in [-0.25, -0.2) is 4.79 Å². The quantitative estimate of drug-likeness (QED) is 0.814. The highest BCUT2D eigenvalue weighted by Gasteiger charge is 2.40. The molecule has 5 nitrogen and oxygen atoms in total. The number of hydrogen-bond donors (Lipinski definition) is 2. The molecule has 110 valence electrons. The van der Waals surface area contributed by atoms with Gasteiger partial charge in [0.1, 0.15) is 0 Å². The Morgan fingerprint density at radius 2 is 2.21 bits per heavy atom. The number of hydrogen-bond acceptors (Lipinski definition) is 3. The first-order chi connectivity index (χ1) is 9.15. The monoisotopic (exact) mass is 270 g/mol. The van der Waals surface area contributed by atoms with Gasteiger partial charge in [-0.05, 0) is 32.6 Å². The van der Waals surface area contributed by atoms with Crippen LogP contribution in [0.25, 0.3) is 0 Å². The van der Waals surface area contributed by atoms with Crippen molar-refractivity contribution in [3.05, 3.63) is 0 Å². The van der Waals surface area contributed by atoms with Crippen LogP contribution in [-0.2, 0) is 4.74 Å². The van der Waals surface area contributed by atoms with Gasteiger partial charge in [0.25, 0.3) is 0 Å². The number of urea groups is 1. The van der Waals surface area contributed by atoms with Gasteiger partial charge in [0.05, 0.1) is 18.8 Å². The highest BCUT2D eigenvalue weighted by Crippen LogP contribution is 2.35. The van der Waals surface area contributed by atoms with Crippen molar-refractivity contribution in [2.75, 3.05) is 26.3 Å². The SMILES string of the molecule is CC(CCCO)NC(=O)N1CCOC2(CCCC2)C1. The van der Waals surface area contributed by atoms with Crippen molar-refractivity contribution < 1.29 is 14.6 Å². The van der Waals surface area contributed by atoms with Gasteiger partial charge in [0, 0.05) is 19.2 Å². The number of nitrogens with zero attached hydrogens (tertiary/aromatic N) is 1. The van der Waals surface area contributed by atoms with E-state index in [0.29, 0.717) is 13.2 Å². The molecule has 5 heteroatoms. The van der Waals surface area contributed by atoms with E-state index in [4.69, 9.17) is 9.84 Å². The van der Waals surface area contributed by atoms with Crippen LogP contribution in [0.1, 0.15) is 45.4 Å². The average molecular weight is 270 g/mol. The second-order valence-electron chi connectivity index (χ2n) is 5.88. The van der Waals surface area contributed by atoms with Gasteiger partial charge in [0.15, 0.2) is 0 Å². The van der Waals surface area contributed by atoms with Crippen LogP contribution in [0.15, 0.2) is 0 Å². The number of rotatable bonds is 4. The summed E-state index contributed by atoms with van der Waals surface area (Å²) in [6.07, 6.45) is 6.13. The molecule has 0 bridgehead atoms. The molecule has 2 aliphatic rings. The summed E-state index contributed by atoms with van der Waals surface area (Å²) in [5.74, 6) is 0. The zero-order valence-corrected chi connectivity index (χ0v) is 11.9. The van der Waals surface area contributed by atoms with E-state index in [1.807, 2.05) is 11.8 Å². The van der Waals surface area contributed by atoms with Crippen LogP contribution in [-0.4, -0.2) is 54.0 Å². The summed E-state index contributed by atoms with van der Waals surface area (Å²) >= 11 is 0. The summed E-state index contributed by atoms with van der Waals surface area (Å²) in [6, 6.07) is 0.127. The van der Waals surface area contributed by atoms with Crippen LogP contribution in [0.4, 0.5) is 4.79 Å². The zero-order valence-electron chi connectivity index (χ0n) is 11.9. The average Bonchev–Trinajstić information content (AvgIpc) is 2.84. The predicted octanol–water partition coefficient (Wildman–Crippen LogP) is 1.50. The maximum absolute atomic E-state index is 12.2. The normalized spacial score (nSPS) is 23.6. The van der Waals surface area contributed by atoms with Crippen LogP contribution in [0.3, 0.4) is 0 Å². The molecule has 2 fully saturated rings. The van der Waals surface area contributed by atoms with E-state index >= 15 is 0 Å². The van der Waals surface area contributed by atoms with E-state index in [1.54, 1.807) is 0 Å². The second-order valence-corrected chi connectivity index (χ2v) is 5.88. The largest absolute Gasteiger partial charge is 0.396 e. The molecule has 1 saturated heterocycles. The molecule has 2 rings (SSSR count). The second kappa shape index (κ2) is 6.57. The van der Waals surface area contributed by atoms with Crippen LogP contribution in [0, 0.1) is 0 Å². The molecule has 1 unspecified atom stereocenters. The summed E-state index contributed by atoms with van der Waals surface area (Å²) in [5.41, 5.74) is -0.0655. The van der Waals surface area contributed by atoms with E-state index in [1.165, 1.54) is 12.8 Å². The first-order valence-electron chi connectivity index (χ1n) is 7.45. The number of aliphatic hydroxyl groups is 1. The molecule has 1 heterocycles. The zero-order chi connectivity index (χ0) is 13.7. The van der Waals surface area contributed by atoms with E-state index in [2.05, 4.69) is 5.32 Å². The highest BCUT2D eigenvalue weighted by molar-refractivity contribution is 5.74. The Morgan fingerprint density at radius 1 is 1.47 bits per heavy atom. The van der Waals surface area contributed by atoms with Crippen molar-refractivity contribution in [1.82, 2.24) is 10.2 Å². The summed E-state index contributed by atoms with van der Waals surface area (Å²) < 4.78 is 5.92. The highest BCUT2D eigenvalue weighted by atomic mass is 16.5. The number of carbonyl (C=O) groups excluding carboxylic acids is 1. The van der Waals surface area contributed by atoms with Crippen LogP contribution >= 0.6 is 0 Å². The Kier molecular flexibility index (Phi) is 5.05. The van der Waals surface area contributed by atoms with E-state index in [-0.39, 0.29) is 24.3 Å². The molecule has 0 aromatic carbocycles. The number of aliphatic hydroxyl groups excluding tert-OH is 1. The molecule has 1 aliphatic carbocycles. The molecule has 1 atom stereocenters. The summed E-state index contributed by atoms with van der Waals surface area (Å²) in [5, 5.41) is 11.8. The third-order valence-corrected chi connectivity index (χ3v) is 4.22. The topological polar surface area (TPSA) is 61.8 Å². The molecule has 1 spiro atoms. The van der Waals surface area contributed by atoms with Gasteiger partial charge in [-0.15, -0.1) is 0 Å². The predicted molar refractivity (Wildman–Crippen MR) is 73.0 cm³/mol. The third kappa shape index (κ3) is 3.83. The van der Waals surface area contributed by atoms with Crippen molar-refractivity contribution in [3.63, 3.8) is 0 Å². The van der Waals surface area contributed by atoms with Crippen molar-refractivity contribution >= 4 is 6.03 Å². The molecule has 1 saturated carbocycles. The fourth-order valence-corrected chi connectivity index (χ4v) is 3.11. The Balaban J connectivity index is 1.81. The van der Waals surface area contributed by atoms with E-state index < -0.39 is 0 Å². The molecule has 0 radical (unpaired) electrons. The first kappa shape index (κ1) is 14.6. The molecule has 2 N–H and O–H groups in total. The lowest BCUT2D eigenvalue weighted by Crippen LogP contribution is -2.55. The minimum atomic E-state index is -0.0655. The van der Waals surface area contributed by atoms with Crippen molar-refractivity contribution in [3.8, 4) is 0 Å². The molecular formula is C14H26N2O3. The minimum absolute atomic E-state index is 0.0139. The van der Waals surface area contributed by atoms with Crippen molar-refractivity contribution in [1.29, 1.82) is 0 Å². The lowest BCUT2D eigenvalue weighted by molar-refractivity contribution is -0.0927. The molecular weight excluding hydrogens is 244 g/mol. The molecule has 0 aromatic heterocycles. The lowest BCUT2D eigenvalue weighted by atomic mass is 10.00. The van der Waals surface area contributed by atoms with Crippen molar-refractivity contribution in [2.45, 2.75) is 57.1 Å². The lowest BCUT2D eigenvalue weighted by Gasteiger charge is -2.40. The van der Waals surface area contributed by atoms with Crippen LogP contribution < -0.4 is 5.32 Å². The molecule has 0 aromatic rings. The van der Waals surface area contributed by atoms with Gasteiger partial charge >= 0.3 is 6.03 Å². The first-order valence-corrected chi connectivity index (χ1v) is 7.45. The number of carbonyl (C=O) groups is 1.